The van der Waals surface area contributed by atoms with Gasteiger partial charge in [-0.15, -0.1) is 10.2 Å². The first-order valence-corrected chi connectivity index (χ1v) is 9.94. The van der Waals surface area contributed by atoms with E-state index in [9.17, 15) is 4.79 Å². The van der Waals surface area contributed by atoms with Gasteiger partial charge in [0.25, 0.3) is 5.91 Å². The van der Waals surface area contributed by atoms with Crippen LogP contribution in [0.2, 0.25) is 5.02 Å². The van der Waals surface area contributed by atoms with Gasteiger partial charge in [-0.2, -0.15) is 0 Å². The third kappa shape index (κ3) is 3.94. The van der Waals surface area contributed by atoms with Crippen molar-refractivity contribution in [2.24, 2.45) is 0 Å². The average molecular weight is 400 g/mol. The van der Waals surface area contributed by atoms with Crippen LogP contribution in [0.25, 0.3) is 0 Å². The molecule has 0 unspecified atom stereocenters. The zero-order chi connectivity index (χ0) is 18.7. The highest BCUT2D eigenvalue weighted by Crippen LogP contribution is 2.44. The largest absolute Gasteiger partial charge is 0.369 e. The molecule has 2 heterocycles. The molecule has 27 heavy (non-hydrogen) atoms. The van der Waals surface area contributed by atoms with Crippen LogP contribution in [0.15, 0.2) is 48.1 Å². The number of nitrogens with one attached hydrogen (secondary N) is 2. The second-order valence-electron chi connectivity index (χ2n) is 6.62. The molecule has 1 fully saturated rings. The van der Waals surface area contributed by atoms with Crippen LogP contribution in [0.5, 0.6) is 0 Å². The number of pyridine rings is 1. The number of nitrogens with zero attached hydrogens (tertiary/aromatic N) is 3. The first-order valence-electron chi connectivity index (χ1n) is 8.68. The van der Waals surface area contributed by atoms with Gasteiger partial charge in [-0.25, -0.2) is 4.98 Å². The summed E-state index contributed by atoms with van der Waals surface area (Å²) in [6, 6.07) is 11.7. The first kappa shape index (κ1) is 17.9. The molecule has 0 radical (unpaired) electrons. The van der Waals surface area contributed by atoms with E-state index in [1.54, 1.807) is 17.8 Å². The van der Waals surface area contributed by atoms with Crippen LogP contribution in [0.3, 0.4) is 0 Å². The van der Waals surface area contributed by atoms with Gasteiger partial charge in [-0.1, -0.05) is 41.5 Å². The van der Waals surface area contributed by atoms with Gasteiger partial charge in [0.2, 0.25) is 5.13 Å². The van der Waals surface area contributed by atoms with E-state index in [4.69, 9.17) is 11.6 Å². The lowest BCUT2D eigenvalue weighted by Gasteiger charge is -2.42. The normalized spacial score (nSPS) is 15.0. The molecule has 0 aliphatic heterocycles. The highest BCUT2D eigenvalue weighted by atomic mass is 35.5. The lowest BCUT2D eigenvalue weighted by atomic mass is 9.64. The number of amides is 1. The highest BCUT2D eigenvalue weighted by molar-refractivity contribution is 7.13. The van der Waals surface area contributed by atoms with Crippen molar-refractivity contribution in [2.45, 2.75) is 24.7 Å². The second-order valence-corrected chi connectivity index (χ2v) is 7.89. The number of hydrogen-bond acceptors (Lipinski definition) is 6. The van der Waals surface area contributed by atoms with Crippen molar-refractivity contribution in [1.29, 1.82) is 0 Å². The molecular formula is C19H18ClN5OS. The van der Waals surface area contributed by atoms with Crippen LogP contribution in [0.1, 0.15) is 35.2 Å². The molecule has 0 bridgehead atoms. The summed E-state index contributed by atoms with van der Waals surface area (Å²) in [7, 11) is 0. The van der Waals surface area contributed by atoms with Crippen molar-refractivity contribution in [3.63, 3.8) is 0 Å². The fraction of sp³-hybridized carbons (Fsp3) is 0.263. The Kier molecular flexibility index (Phi) is 5.05. The molecule has 1 saturated carbocycles. The van der Waals surface area contributed by atoms with E-state index >= 15 is 0 Å². The fourth-order valence-corrected chi connectivity index (χ4v) is 3.83. The van der Waals surface area contributed by atoms with E-state index in [1.165, 1.54) is 23.3 Å². The predicted molar refractivity (Wildman–Crippen MR) is 108 cm³/mol. The van der Waals surface area contributed by atoms with E-state index in [0.717, 1.165) is 30.2 Å². The quantitative estimate of drug-likeness (QED) is 0.643. The number of aromatic nitrogens is 3. The number of carbonyl (C=O) groups is 1. The number of rotatable bonds is 6. The van der Waals surface area contributed by atoms with Gasteiger partial charge in [0.1, 0.15) is 11.3 Å². The Hall–Kier alpha value is -2.51. The van der Waals surface area contributed by atoms with E-state index in [0.29, 0.717) is 10.7 Å². The van der Waals surface area contributed by atoms with Gasteiger partial charge in [-0.05, 0) is 42.7 Å². The summed E-state index contributed by atoms with van der Waals surface area (Å²) in [5.41, 5.74) is 3.48. The Balaban J connectivity index is 1.39. The van der Waals surface area contributed by atoms with Gasteiger partial charge in [0.05, 0.1) is 5.56 Å². The number of anilines is 2. The number of halogens is 1. The molecule has 0 saturated heterocycles. The maximum absolute atomic E-state index is 12.2. The van der Waals surface area contributed by atoms with Gasteiger partial charge in [0.15, 0.2) is 0 Å². The summed E-state index contributed by atoms with van der Waals surface area (Å²) in [5.74, 6) is 0.505. The summed E-state index contributed by atoms with van der Waals surface area (Å²) in [5, 5.41) is 14.8. The maximum Gasteiger partial charge on any atom is 0.259 e. The standard InChI is InChI=1S/C19H18ClN5OS/c20-15-5-3-14(4-6-15)19(8-1-9-19)11-22-16-7-2-13(10-21-16)17(26)24-18-25-23-12-27-18/h2-7,10,12H,1,8-9,11H2,(H,21,22)(H,24,25,26). The summed E-state index contributed by atoms with van der Waals surface area (Å²) < 4.78 is 0. The summed E-state index contributed by atoms with van der Waals surface area (Å²) in [6.45, 7) is 0.804. The van der Waals surface area contributed by atoms with Gasteiger partial charge in [-0.3, -0.25) is 10.1 Å². The van der Waals surface area contributed by atoms with E-state index in [2.05, 4.69) is 37.9 Å². The Bertz CT molecular complexity index is 908. The SMILES string of the molecule is O=C(Nc1nncs1)c1ccc(NCC2(c3ccc(Cl)cc3)CCC2)nc1. The Morgan fingerprint density at radius 3 is 2.59 bits per heavy atom. The lowest BCUT2D eigenvalue weighted by Crippen LogP contribution is -2.41. The maximum atomic E-state index is 12.2. The Labute approximate surface area is 166 Å². The molecule has 4 rings (SSSR count). The van der Waals surface area contributed by atoms with Crippen molar-refractivity contribution in [3.05, 3.63) is 64.3 Å². The minimum atomic E-state index is -0.248. The average Bonchev–Trinajstić information content (AvgIpc) is 3.15. The number of benzene rings is 1. The molecule has 1 aromatic carbocycles. The van der Waals surface area contributed by atoms with Gasteiger partial charge in [0, 0.05) is 23.2 Å². The highest BCUT2D eigenvalue weighted by Gasteiger charge is 2.38. The van der Waals surface area contributed by atoms with Crippen LogP contribution < -0.4 is 10.6 Å². The van der Waals surface area contributed by atoms with Crippen LogP contribution in [0.4, 0.5) is 10.9 Å². The predicted octanol–water partition coefficient (Wildman–Crippen LogP) is 4.37. The molecule has 1 aliphatic rings. The van der Waals surface area contributed by atoms with Crippen molar-refractivity contribution in [1.82, 2.24) is 15.2 Å². The molecule has 3 aromatic rings. The fourth-order valence-electron chi connectivity index (χ4n) is 3.26. The minimum absolute atomic E-state index is 0.125. The third-order valence-electron chi connectivity index (χ3n) is 4.98. The van der Waals surface area contributed by atoms with Crippen molar-refractivity contribution in [3.8, 4) is 0 Å². The molecular weight excluding hydrogens is 382 g/mol. The number of hydrogen-bond donors (Lipinski definition) is 2. The molecule has 2 N–H and O–H groups in total. The Morgan fingerprint density at radius 1 is 1.19 bits per heavy atom. The number of carbonyl (C=O) groups excluding carboxylic acids is 1. The molecule has 0 spiro atoms. The van der Waals surface area contributed by atoms with E-state index < -0.39 is 0 Å². The third-order valence-corrected chi connectivity index (χ3v) is 5.84. The molecule has 1 aliphatic carbocycles. The monoisotopic (exact) mass is 399 g/mol. The topological polar surface area (TPSA) is 79.8 Å². The Morgan fingerprint density at radius 2 is 2.00 bits per heavy atom. The van der Waals surface area contributed by atoms with E-state index in [-0.39, 0.29) is 11.3 Å². The van der Waals surface area contributed by atoms with Crippen LogP contribution in [-0.2, 0) is 5.41 Å². The molecule has 8 heteroatoms. The van der Waals surface area contributed by atoms with Gasteiger partial charge < -0.3 is 5.32 Å². The van der Waals surface area contributed by atoms with Crippen LogP contribution in [-0.4, -0.2) is 27.6 Å². The summed E-state index contributed by atoms with van der Waals surface area (Å²) in [6.07, 6.45) is 5.07. The van der Waals surface area contributed by atoms with Gasteiger partial charge >= 0.3 is 0 Å². The summed E-state index contributed by atoms with van der Waals surface area (Å²) in [4.78, 5) is 16.5. The molecule has 138 valence electrons. The van der Waals surface area contributed by atoms with Crippen molar-refractivity contribution >= 4 is 39.8 Å². The zero-order valence-electron chi connectivity index (χ0n) is 14.5. The molecule has 2 aromatic heterocycles. The smallest absolute Gasteiger partial charge is 0.259 e. The first-order chi connectivity index (χ1) is 13.1. The van der Waals surface area contributed by atoms with Crippen LogP contribution >= 0.6 is 22.9 Å². The lowest BCUT2D eigenvalue weighted by molar-refractivity contribution is 0.102. The summed E-state index contributed by atoms with van der Waals surface area (Å²) >= 11 is 7.29. The van der Waals surface area contributed by atoms with Crippen LogP contribution in [0, 0.1) is 0 Å². The molecule has 0 atom stereocenters. The molecule has 1 amide bonds. The minimum Gasteiger partial charge on any atom is -0.369 e. The zero-order valence-corrected chi connectivity index (χ0v) is 16.1. The second kappa shape index (κ2) is 7.62. The molecule has 6 nitrogen and oxygen atoms in total. The van der Waals surface area contributed by atoms with Crippen molar-refractivity contribution in [2.75, 3.05) is 17.2 Å². The van der Waals surface area contributed by atoms with E-state index in [1.807, 2.05) is 18.2 Å². The van der Waals surface area contributed by atoms with Crippen molar-refractivity contribution < 1.29 is 4.79 Å².